The van der Waals surface area contributed by atoms with Crippen LogP contribution in [0.5, 0.6) is 0 Å². The molecule has 1 saturated heterocycles. The number of rotatable bonds is 6. The Morgan fingerprint density at radius 1 is 1.15 bits per heavy atom. The predicted octanol–water partition coefficient (Wildman–Crippen LogP) is 3.14. The van der Waals surface area contributed by atoms with Crippen LogP contribution >= 0.6 is 0 Å². The number of benzene rings is 1. The normalized spacial score (nSPS) is 24.1. The van der Waals surface area contributed by atoms with Gasteiger partial charge in [0.05, 0.1) is 12.5 Å². The van der Waals surface area contributed by atoms with E-state index >= 15 is 0 Å². The van der Waals surface area contributed by atoms with Crippen molar-refractivity contribution in [3.63, 3.8) is 0 Å². The van der Waals surface area contributed by atoms with Gasteiger partial charge in [-0.15, -0.1) is 0 Å². The lowest BCUT2D eigenvalue weighted by Gasteiger charge is -2.35. The molecule has 2 aliphatic rings. The highest BCUT2D eigenvalue weighted by Crippen LogP contribution is 2.26. The van der Waals surface area contributed by atoms with Gasteiger partial charge in [0.1, 0.15) is 5.82 Å². The molecule has 0 spiro atoms. The second-order valence-corrected chi connectivity index (χ2v) is 8.06. The first-order valence-corrected chi connectivity index (χ1v) is 9.93. The van der Waals surface area contributed by atoms with Crippen LogP contribution in [0.2, 0.25) is 0 Å². The fraction of sp³-hybridized carbons (Fsp3) is 0.619. The van der Waals surface area contributed by atoms with Crippen molar-refractivity contribution in [1.82, 2.24) is 9.80 Å². The zero-order valence-corrected chi connectivity index (χ0v) is 15.9. The molecule has 2 fully saturated rings. The van der Waals surface area contributed by atoms with E-state index in [1.165, 1.54) is 18.6 Å². The van der Waals surface area contributed by atoms with Gasteiger partial charge < -0.3 is 10.0 Å². The summed E-state index contributed by atoms with van der Waals surface area (Å²) in [4.78, 5) is 28.4. The van der Waals surface area contributed by atoms with E-state index in [1.54, 1.807) is 12.1 Å². The quantitative estimate of drug-likeness (QED) is 0.829. The minimum Gasteiger partial charge on any atom is -0.481 e. The molecule has 1 saturated carbocycles. The summed E-state index contributed by atoms with van der Waals surface area (Å²) in [5.41, 5.74) is 0.925. The number of nitrogens with zero attached hydrogens (tertiary/aromatic N) is 2. The number of aliphatic carboxylic acids is 1. The van der Waals surface area contributed by atoms with E-state index < -0.39 is 11.9 Å². The number of hydrogen-bond acceptors (Lipinski definition) is 3. The van der Waals surface area contributed by atoms with E-state index in [9.17, 15) is 19.1 Å². The van der Waals surface area contributed by atoms with Crippen LogP contribution in [0, 0.1) is 17.7 Å². The highest BCUT2D eigenvalue weighted by Gasteiger charge is 2.36. The Bertz CT molecular complexity index is 658. The van der Waals surface area contributed by atoms with Crippen molar-refractivity contribution in [3.8, 4) is 0 Å². The van der Waals surface area contributed by atoms with Crippen LogP contribution in [0.15, 0.2) is 24.3 Å². The summed E-state index contributed by atoms with van der Waals surface area (Å²) in [5.74, 6) is -1.37. The third kappa shape index (κ3) is 5.06. The summed E-state index contributed by atoms with van der Waals surface area (Å²) in [6, 6.07) is 6.54. The van der Waals surface area contributed by atoms with Gasteiger partial charge in [-0.2, -0.15) is 0 Å². The number of amides is 1. The molecule has 1 aliphatic carbocycles. The van der Waals surface area contributed by atoms with Crippen LogP contribution in [-0.4, -0.2) is 52.5 Å². The second kappa shape index (κ2) is 8.83. The Labute approximate surface area is 160 Å². The zero-order chi connectivity index (χ0) is 19.4. The highest BCUT2D eigenvalue weighted by molar-refractivity contribution is 5.79. The third-order valence-corrected chi connectivity index (χ3v) is 5.97. The standard InChI is InChI=1S/C21H29FN2O3/c1-15-11-23(13-19(15)21(26)27)14-20(25)24(18-5-3-2-4-6-18)12-16-7-9-17(22)10-8-16/h7-10,15,18-19H,2-6,11-14H2,1H3,(H,26,27)/t15-,19-/m1/s1. The molecule has 1 N–H and O–H groups in total. The largest absolute Gasteiger partial charge is 0.481 e. The van der Waals surface area contributed by atoms with Crippen LogP contribution in [0.25, 0.3) is 0 Å². The Morgan fingerprint density at radius 2 is 1.81 bits per heavy atom. The summed E-state index contributed by atoms with van der Waals surface area (Å²) >= 11 is 0. The van der Waals surface area contributed by atoms with Gasteiger partial charge in [-0.05, 0) is 36.5 Å². The number of carboxylic acids is 1. The van der Waals surface area contributed by atoms with Crippen molar-refractivity contribution in [3.05, 3.63) is 35.6 Å². The maximum absolute atomic E-state index is 13.2. The fourth-order valence-electron chi connectivity index (χ4n) is 4.40. The molecule has 0 unspecified atom stereocenters. The smallest absolute Gasteiger partial charge is 0.308 e. The lowest BCUT2D eigenvalue weighted by molar-refractivity contribution is -0.143. The van der Waals surface area contributed by atoms with Crippen molar-refractivity contribution in [2.75, 3.05) is 19.6 Å². The number of halogens is 1. The van der Waals surface area contributed by atoms with E-state index in [1.807, 2.05) is 16.7 Å². The van der Waals surface area contributed by atoms with Crippen LogP contribution in [0.3, 0.4) is 0 Å². The summed E-state index contributed by atoms with van der Waals surface area (Å²) in [5, 5.41) is 9.31. The minimum atomic E-state index is -0.784. The van der Waals surface area contributed by atoms with Gasteiger partial charge in [0.15, 0.2) is 0 Å². The molecule has 3 rings (SSSR count). The lowest BCUT2D eigenvalue weighted by Crippen LogP contribution is -2.45. The molecular weight excluding hydrogens is 347 g/mol. The van der Waals surface area contributed by atoms with Gasteiger partial charge in [0.25, 0.3) is 0 Å². The van der Waals surface area contributed by atoms with Crippen molar-refractivity contribution >= 4 is 11.9 Å². The van der Waals surface area contributed by atoms with Gasteiger partial charge in [0.2, 0.25) is 5.91 Å². The van der Waals surface area contributed by atoms with E-state index in [0.29, 0.717) is 19.6 Å². The first kappa shape index (κ1) is 19.8. The Morgan fingerprint density at radius 3 is 2.41 bits per heavy atom. The maximum atomic E-state index is 13.2. The molecule has 1 amide bonds. The summed E-state index contributed by atoms with van der Waals surface area (Å²) < 4.78 is 13.2. The third-order valence-electron chi connectivity index (χ3n) is 5.97. The molecule has 1 aromatic carbocycles. The van der Waals surface area contributed by atoms with Crippen LogP contribution in [-0.2, 0) is 16.1 Å². The molecule has 27 heavy (non-hydrogen) atoms. The van der Waals surface area contributed by atoms with Gasteiger partial charge >= 0.3 is 5.97 Å². The molecule has 2 atom stereocenters. The Kier molecular flexibility index (Phi) is 6.47. The van der Waals surface area contributed by atoms with Crippen molar-refractivity contribution in [2.24, 2.45) is 11.8 Å². The second-order valence-electron chi connectivity index (χ2n) is 8.06. The predicted molar refractivity (Wildman–Crippen MR) is 101 cm³/mol. The molecule has 1 aliphatic heterocycles. The van der Waals surface area contributed by atoms with E-state index in [2.05, 4.69) is 0 Å². The molecular formula is C21H29FN2O3. The molecule has 1 heterocycles. The SMILES string of the molecule is C[C@@H]1CN(CC(=O)N(Cc2ccc(F)cc2)C2CCCCC2)C[C@H]1C(=O)O. The fourth-order valence-corrected chi connectivity index (χ4v) is 4.40. The van der Waals surface area contributed by atoms with Gasteiger partial charge in [-0.1, -0.05) is 38.3 Å². The maximum Gasteiger partial charge on any atom is 0.308 e. The van der Waals surface area contributed by atoms with Gasteiger partial charge in [-0.3, -0.25) is 14.5 Å². The molecule has 5 nitrogen and oxygen atoms in total. The topological polar surface area (TPSA) is 60.9 Å². The molecule has 6 heteroatoms. The van der Waals surface area contributed by atoms with Crippen LogP contribution in [0.1, 0.15) is 44.6 Å². The lowest BCUT2D eigenvalue weighted by atomic mass is 9.93. The van der Waals surface area contributed by atoms with Crippen LogP contribution < -0.4 is 0 Å². The molecule has 0 aromatic heterocycles. The summed E-state index contributed by atoms with van der Waals surface area (Å²) in [6.07, 6.45) is 5.46. The molecule has 1 aromatic rings. The average Bonchev–Trinajstić information content (AvgIpc) is 3.02. The summed E-state index contributed by atoms with van der Waals surface area (Å²) in [6.45, 7) is 3.73. The van der Waals surface area contributed by atoms with Gasteiger partial charge in [-0.25, -0.2) is 4.39 Å². The van der Waals surface area contributed by atoms with Crippen molar-refractivity contribution in [2.45, 2.75) is 51.6 Å². The Balaban J connectivity index is 1.68. The monoisotopic (exact) mass is 376 g/mol. The van der Waals surface area contributed by atoms with Crippen LogP contribution in [0.4, 0.5) is 4.39 Å². The number of carbonyl (C=O) groups is 2. The Hall–Kier alpha value is -1.95. The highest BCUT2D eigenvalue weighted by atomic mass is 19.1. The number of carboxylic acid groups (broad SMARTS) is 1. The number of hydrogen-bond donors (Lipinski definition) is 1. The van der Waals surface area contributed by atoms with Crippen molar-refractivity contribution in [1.29, 1.82) is 0 Å². The first-order valence-electron chi connectivity index (χ1n) is 9.93. The molecule has 0 bridgehead atoms. The first-order chi connectivity index (χ1) is 12.9. The van der Waals surface area contributed by atoms with E-state index in [0.717, 1.165) is 31.2 Å². The van der Waals surface area contributed by atoms with Gasteiger partial charge in [0, 0.05) is 25.7 Å². The number of likely N-dealkylation sites (tertiary alicyclic amines) is 1. The zero-order valence-electron chi connectivity index (χ0n) is 15.9. The molecule has 148 valence electrons. The number of carbonyl (C=O) groups excluding carboxylic acids is 1. The van der Waals surface area contributed by atoms with E-state index in [4.69, 9.17) is 0 Å². The minimum absolute atomic E-state index is 0.0458. The van der Waals surface area contributed by atoms with Crippen molar-refractivity contribution < 1.29 is 19.1 Å². The molecule has 0 radical (unpaired) electrons. The van der Waals surface area contributed by atoms with E-state index in [-0.39, 0.29) is 30.2 Å². The average molecular weight is 376 g/mol. The summed E-state index contributed by atoms with van der Waals surface area (Å²) in [7, 11) is 0.